The molecule has 0 saturated heterocycles. The van der Waals surface area contributed by atoms with Crippen LogP contribution in [-0.4, -0.2) is 44.3 Å². The summed E-state index contributed by atoms with van der Waals surface area (Å²) in [5.74, 6) is -1.21. The third kappa shape index (κ3) is 2.94. The minimum Gasteiger partial charge on any atom is -0.480 e. The molecule has 1 fully saturated rings. The summed E-state index contributed by atoms with van der Waals surface area (Å²) in [7, 11) is 0. The van der Waals surface area contributed by atoms with Gasteiger partial charge in [0.15, 0.2) is 0 Å². The van der Waals surface area contributed by atoms with Crippen molar-refractivity contribution < 1.29 is 14.7 Å². The molecule has 0 radical (unpaired) electrons. The van der Waals surface area contributed by atoms with Crippen molar-refractivity contribution in [3.63, 3.8) is 0 Å². The number of nitrogens with zero attached hydrogens (tertiary/aromatic N) is 3. The van der Waals surface area contributed by atoms with E-state index in [9.17, 15) is 9.59 Å². The van der Waals surface area contributed by atoms with Gasteiger partial charge >= 0.3 is 5.97 Å². The normalized spacial score (nSPS) is 13.9. The largest absolute Gasteiger partial charge is 0.480 e. The van der Waals surface area contributed by atoms with Gasteiger partial charge in [-0.3, -0.25) is 9.59 Å². The molecule has 0 atom stereocenters. The minimum atomic E-state index is -0.983. The van der Waals surface area contributed by atoms with Crippen molar-refractivity contribution in [1.82, 2.24) is 14.7 Å². The van der Waals surface area contributed by atoms with E-state index in [2.05, 4.69) is 5.10 Å². The van der Waals surface area contributed by atoms with Crippen molar-refractivity contribution in [3.05, 3.63) is 48.3 Å². The van der Waals surface area contributed by atoms with Gasteiger partial charge in [-0.2, -0.15) is 5.10 Å². The van der Waals surface area contributed by atoms with Crippen molar-refractivity contribution in [2.24, 2.45) is 0 Å². The van der Waals surface area contributed by atoms with E-state index < -0.39 is 5.97 Å². The van der Waals surface area contributed by atoms with Gasteiger partial charge in [0.05, 0.1) is 5.69 Å². The molecule has 1 aromatic carbocycles. The van der Waals surface area contributed by atoms with E-state index >= 15 is 0 Å². The molecule has 0 spiro atoms. The summed E-state index contributed by atoms with van der Waals surface area (Å²) < 4.78 is 1.70. The second-order valence-corrected chi connectivity index (χ2v) is 5.06. The first-order chi connectivity index (χ1) is 10.1. The second kappa shape index (κ2) is 5.40. The van der Waals surface area contributed by atoms with E-state index in [1.807, 2.05) is 12.3 Å². The highest BCUT2D eigenvalue weighted by molar-refractivity contribution is 5.96. The van der Waals surface area contributed by atoms with Gasteiger partial charge in [-0.05, 0) is 43.2 Å². The number of benzene rings is 1. The quantitative estimate of drug-likeness (QED) is 0.904. The van der Waals surface area contributed by atoms with E-state index in [4.69, 9.17) is 5.11 Å². The topological polar surface area (TPSA) is 75.4 Å². The van der Waals surface area contributed by atoms with Crippen LogP contribution in [0.3, 0.4) is 0 Å². The van der Waals surface area contributed by atoms with Gasteiger partial charge in [0, 0.05) is 24.0 Å². The maximum atomic E-state index is 12.4. The number of aliphatic carboxylic acids is 1. The fraction of sp³-hybridized carbons (Fsp3) is 0.267. The number of carbonyl (C=O) groups excluding carboxylic acids is 1. The van der Waals surface area contributed by atoms with E-state index in [1.165, 1.54) is 4.90 Å². The number of carbonyl (C=O) groups is 2. The summed E-state index contributed by atoms with van der Waals surface area (Å²) in [6.07, 6.45) is 5.26. The summed E-state index contributed by atoms with van der Waals surface area (Å²) >= 11 is 0. The van der Waals surface area contributed by atoms with Crippen LogP contribution in [-0.2, 0) is 4.79 Å². The predicted molar refractivity (Wildman–Crippen MR) is 75.3 cm³/mol. The molecule has 1 amide bonds. The van der Waals surface area contributed by atoms with Crippen molar-refractivity contribution >= 4 is 11.9 Å². The van der Waals surface area contributed by atoms with Crippen molar-refractivity contribution in [1.29, 1.82) is 0 Å². The Morgan fingerprint density at radius 3 is 2.52 bits per heavy atom. The molecule has 108 valence electrons. The van der Waals surface area contributed by atoms with Gasteiger partial charge in [0.2, 0.25) is 0 Å². The molecule has 0 bridgehead atoms. The molecule has 0 unspecified atom stereocenters. The third-order valence-electron chi connectivity index (χ3n) is 3.44. The molecular weight excluding hydrogens is 270 g/mol. The Bertz CT molecular complexity index is 645. The van der Waals surface area contributed by atoms with Crippen LogP contribution < -0.4 is 0 Å². The predicted octanol–water partition coefficient (Wildman–Crippen LogP) is 1.56. The Kier molecular flexibility index (Phi) is 3.43. The van der Waals surface area contributed by atoms with Crippen LogP contribution in [0.2, 0.25) is 0 Å². The van der Waals surface area contributed by atoms with Crippen molar-refractivity contribution in [2.45, 2.75) is 18.9 Å². The van der Waals surface area contributed by atoms with Crippen LogP contribution in [0.15, 0.2) is 42.7 Å². The highest BCUT2D eigenvalue weighted by Gasteiger charge is 2.34. The highest BCUT2D eigenvalue weighted by atomic mass is 16.4. The first-order valence-electron chi connectivity index (χ1n) is 6.78. The zero-order valence-corrected chi connectivity index (χ0v) is 11.3. The van der Waals surface area contributed by atoms with Crippen LogP contribution in [0.1, 0.15) is 23.2 Å². The van der Waals surface area contributed by atoms with Gasteiger partial charge in [0.1, 0.15) is 6.54 Å². The average molecular weight is 285 g/mol. The minimum absolute atomic E-state index is 0.0689. The number of amides is 1. The smallest absolute Gasteiger partial charge is 0.323 e. The van der Waals surface area contributed by atoms with E-state index in [0.29, 0.717) is 5.56 Å². The number of rotatable bonds is 5. The van der Waals surface area contributed by atoms with Gasteiger partial charge in [0.25, 0.3) is 5.91 Å². The zero-order valence-electron chi connectivity index (χ0n) is 11.3. The monoisotopic (exact) mass is 285 g/mol. The van der Waals surface area contributed by atoms with Crippen LogP contribution in [0.5, 0.6) is 0 Å². The van der Waals surface area contributed by atoms with Crippen molar-refractivity contribution in [3.8, 4) is 5.69 Å². The Morgan fingerprint density at radius 1 is 1.29 bits per heavy atom. The molecule has 6 nitrogen and oxygen atoms in total. The molecule has 0 aliphatic heterocycles. The number of hydrogen-bond donors (Lipinski definition) is 1. The highest BCUT2D eigenvalue weighted by Crippen LogP contribution is 2.28. The average Bonchev–Trinajstić information content (AvgIpc) is 3.18. The summed E-state index contributed by atoms with van der Waals surface area (Å²) in [6.45, 7) is -0.246. The summed E-state index contributed by atoms with van der Waals surface area (Å²) in [6, 6.07) is 8.89. The number of carboxylic acid groups (broad SMARTS) is 1. The number of carboxylic acids is 1. The molecule has 1 aliphatic rings. The van der Waals surface area contributed by atoms with Gasteiger partial charge < -0.3 is 10.0 Å². The van der Waals surface area contributed by atoms with Crippen LogP contribution >= 0.6 is 0 Å². The first-order valence-corrected chi connectivity index (χ1v) is 6.78. The second-order valence-electron chi connectivity index (χ2n) is 5.06. The van der Waals surface area contributed by atoms with Crippen LogP contribution in [0.4, 0.5) is 0 Å². The fourth-order valence-corrected chi connectivity index (χ4v) is 2.24. The molecule has 21 heavy (non-hydrogen) atoms. The standard InChI is InChI=1S/C15H15N3O3/c19-14(20)10-17(12-6-7-12)15(21)11-2-4-13(5-3-11)18-9-1-8-16-18/h1-5,8-9,12H,6-7,10H2,(H,19,20). The SMILES string of the molecule is O=C(O)CN(C(=O)c1ccc(-n2cccn2)cc1)C1CC1. The lowest BCUT2D eigenvalue weighted by Crippen LogP contribution is -2.37. The number of hydrogen-bond acceptors (Lipinski definition) is 3. The van der Waals surface area contributed by atoms with Gasteiger partial charge in [-0.1, -0.05) is 0 Å². The lowest BCUT2D eigenvalue weighted by atomic mass is 10.1. The Hall–Kier alpha value is -2.63. The van der Waals surface area contributed by atoms with Gasteiger partial charge in [-0.15, -0.1) is 0 Å². The van der Waals surface area contributed by atoms with E-state index in [0.717, 1.165) is 18.5 Å². The molecule has 1 aromatic heterocycles. The van der Waals surface area contributed by atoms with E-state index in [1.54, 1.807) is 35.1 Å². The maximum Gasteiger partial charge on any atom is 0.323 e. The Labute approximate surface area is 121 Å². The summed E-state index contributed by atoms with van der Waals surface area (Å²) in [4.78, 5) is 24.7. The molecule has 1 N–H and O–H groups in total. The molecule has 1 aliphatic carbocycles. The van der Waals surface area contributed by atoms with Crippen LogP contribution in [0, 0.1) is 0 Å². The summed E-state index contributed by atoms with van der Waals surface area (Å²) in [5.41, 5.74) is 1.35. The Balaban J connectivity index is 1.79. The molecule has 1 heterocycles. The maximum absolute atomic E-state index is 12.4. The van der Waals surface area contributed by atoms with E-state index in [-0.39, 0.29) is 18.5 Å². The lowest BCUT2D eigenvalue weighted by molar-refractivity contribution is -0.137. The Morgan fingerprint density at radius 2 is 2.00 bits per heavy atom. The molecular formula is C15H15N3O3. The zero-order chi connectivity index (χ0) is 14.8. The van der Waals surface area contributed by atoms with Gasteiger partial charge in [-0.25, -0.2) is 4.68 Å². The molecule has 2 aromatic rings. The fourth-order valence-electron chi connectivity index (χ4n) is 2.24. The summed E-state index contributed by atoms with van der Waals surface area (Å²) in [5, 5.41) is 13.0. The first kappa shape index (κ1) is 13.4. The van der Waals surface area contributed by atoms with Crippen molar-refractivity contribution in [2.75, 3.05) is 6.54 Å². The molecule has 3 rings (SSSR count). The lowest BCUT2D eigenvalue weighted by Gasteiger charge is -2.20. The molecule has 1 saturated carbocycles. The number of aromatic nitrogens is 2. The van der Waals surface area contributed by atoms with Crippen LogP contribution in [0.25, 0.3) is 5.69 Å². The third-order valence-corrected chi connectivity index (χ3v) is 3.44. The molecule has 6 heteroatoms.